The topological polar surface area (TPSA) is 74.1 Å². The molecule has 29 heavy (non-hydrogen) atoms. The lowest BCUT2D eigenvalue weighted by Crippen LogP contribution is -2.09. The first-order valence-electron chi connectivity index (χ1n) is 8.34. The predicted molar refractivity (Wildman–Crippen MR) is 101 cm³/mol. The van der Waals surface area contributed by atoms with Gasteiger partial charge in [-0.05, 0) is 42.3 Å². The number of aromatic nitrogens is 4. The molecule has 2 aromatic heterocycles. The summed E-state index contributed by atoms with van der Waals surface area (Å²) in [5, 5.41) is 6.81. The first-order valence-corrected chi connectivity index (χ1v) is 8.72. The Labute approximate surface area is 169 Å². The fraction of sp³-hybridized carbons (Fsp3) is 0.278. The number of hydrogen-bond donors (Lipinski definition) is 1. The van der Waals surface area contributed by atoms with Crippen molar-refractivity contribution in [3.05, 3.63) is 52.7 Å². The molecule has 0 amide bonds. The number of ether oxygens (including phenoxy) is 2. The Bertz CT molecular complexity index is 1020. The predicted octanol–water partition coefficient (Wildman–Crippen LogP) is 4.27. The average molecular weight is 428 g/mol. The number of hydrogen-bond acceptors (Lipinski definition) is 6. The van der Waals surface area contributed by atoms with E-state index in [2.05, 4.69) is 20.4 Å². The summed E-state index contributed by atoms with van der Waals surface area (Å²) < 4.78 is 50.6. The molecule has 0 aliphatic rings. The second-order valence-corrected chi connectivity index (χ2v) is 6.33. The van der Waals surface area contributed by atoms with Crippen LogP contribution in [0.4, 0.5) is 19.0 Å². The van der Waals surface area contributed by atoms with Crippen LogP contribution in [0.2, 0.25) is 5.28 Å². The zero-order chi connectivity index (χ0) is 21.2. The van der Waals surface area contributed by atoms with Crippen LogP contribution in [0.1, 0.15) is 17.0 Å². The van der Waals surface area contributed by atoms with Gasteiger partial charge in [0.15, 0.2) is 17.3 Å². The van der Waals surface area contributed by atoms with Crippen molar-refractivity contribution in [3.63, 3.8) is 0 Å². The molecule has 1 aromatic carbocycles. The number of methoxy groups -OCH3 is 2. The van der Waals surface area contributed by atoms with Gasteiger partial charge in [-0.1, -0.05) is 6.07 Å². The van der Waals surface area contributed by atoms with Gasteiger partial charge in [-0.15, -0.1) is 0 Å². The normalized spacial score (nSPS) is 11.4. The minimum absolute atomic E-state index is 0.0656. The van der Waals surface area contributed by atoms with E-state index in [1.165, 1.54) is 25.1 Å². The maximum Gasteiger partial charge on any atom is 0.435 e. The van der Waals surface area contributed by atoms with Crippen molar-refractivity contribution < 1.29 is 22.6 Å². The van der Waals surface area contributed by atoms with E-state index in [9.17, 15) is 13.2 Å². The molecule has 0 atom stereocenters. The van der Waals surface area contributed by atoms with Gasteiger partial charge >= 0.3 is 6.18 Å². The summed E-state index contributed by atoms with van der Waals surface area (Å²) in [5.41, 5.74) is 0.563. The Balaban J connectivity index is 1.87. The highest BCUT2D eigenvalue weighted by atomic mass is 35.5. The van der Waals surface area contributed by atoms with E-state index >= 15 is 0 Å². The van der Waals surface area contributed by atoms with Gasteiger partial charge < -0.3 is 14.8 Å². The number of benzene rings is 1. The molecule has 0 saturated carbocycles. The van der Waals surface area contributed by atoms with Crippen LogP contribution in [0, 0.1) is 6.92 Å². The molecular weight excluding hydrogens is 411 g/mol. The van der Waals surface area contributed by atoms with E-state index in [4.69, 9.17) is 21.1 Å². The van der Waals surface area contributed by atoms with E-state index < -0.39 is 11.9 Å². The van der Waals surface area contributed by atoms with Crippen LogP contribution in [0.3, 0.4) is 0 Å². The zero-order valence-corrected chi connectivity index (χ0v) is 16.5. The number of nitrogens with zero attached hydrogens (tertiary/aromatic N) is 4. The summed E-state index contributed by atoms with van der Waals surface area (Å²) in [6.45, 7) is 1.88. The van der Waals surface area contributed by atoms with Gasteiger partial charge in [0.1, 0.15) is 11.4 Å². The van der Waals surface area contributed by atoms with Crippen LogP contribution in [0.15, 0.2) is 30.5 Å². The van der Waals surface area contributed by atoms with E-state index in [1.54, 1.807) is 25.1 Å². The average Bonchev–Trinajstić information content (AvgIpc) is 3.08. The molecule has 0 spiro atoms. The van der Waals surface area contributed by atoms with Crippen LogP contribution in [0.5, 0.6) is 11.5 Å². The molecule has 0 fully saturated rings. The van der Waals surface area contributed by atoms with E-state index in [1.807, 2.05) is 0 Å². The molecule has 3 rings (SSSR count). The standard InChI is InChI=1S/C18H17ClF3N5O2/c1-10-6-15(18(20,21)22)26-27(10)12-5-4-11(7-13(12)28-2)8-23-16-14(29-3)9-24-17(19)25-16/h4-7,9H,8H2,1-3H3,(H,23,24,25). The van der Waals surface area contributed by atoms with Crippen molar-refractivity contribution in [2.45, 2.75) is 19.6 Å². The third-order valence-corrected chi connectivity index (χ3v) is 4.24. The molecule has 0 aliphatic heterocycles. The van der Waals surface area contributed by atoms with Crippen molar-refractivity contribution in [2.24, 2.45) is 0 Å². The first-order chi connectivity index (χ1) is 13.7. The van der Waals surface area contributed by atoms with Gasteiger partial charge in [0, 0.05) is 12.2 Å². The van der Waals surface area contributed by atoms with Gasteiger partial charge in [-0.2, -0.15) is 23.3 Å². The lowest BCUT2D eigenvalue weighted by molar-refractivity contribution is -0.141. The molecule has 154 valence electrons. The summed E-state index contributed by atoms with van der Waals surface area (Å²) in [6, 6.07) is 6.07. The van der Waals surface area contributed by atoms with Crippen LogP contribution in [0.25, 0.3) is 5.69 Å². The summed E-state index contributed by atoms with van der Waals surface area (Å²) in [5.74, 6) is 1.20. The highest BCUT2D eigenvalue weighted by Crippen LogP contribution is 2.32. The Hall–Kier alpha value is -3.01. The Morgan fingerprint density at radius 1 is 1.14 bits per heavy atom. The molecule has 3 aromatic rings. The largest absolute Gasteiger partial charge is 0.494 e. The van der Waals surface area contributed by atoms with E-state index in [0.29, 0.717) is 35.2 Å². The molecule has 0 aliphatic carbocycles. The second kappa shape index (κ2) is 8.16. The lowest BCUT2D eigenvalue weighted by Gasteiger charge is -2.14. The van der Waals surface area contributed by atoms with Gasteiger partial charge in [0.2, 0.25) is 5.28 Å². The van der Waals surface area contributed by atoms with Gasteiger partial charge in [0.05, 0.1) is 20.4 Å². The Morgan fingerprint density at radius 3 is 2.48 bits per heavy atom. The lowest BCUT2D eigenvalue weighted by atomic mass is 10.2. The minimum Gasteiger partial charge on any atom is -0.494 e. The third-order valence-electron chi connectivity index (χ3n) is 4.06. The molecule has 11 heteroatoms. The molecule has 7 nitrogen and oxygen atoms in total. The highest BCUT2D eigenvalue weighted by molar-refractivity contribution is 6.28. The number of aryl methyl sites for hydroxylation is 1. The highest BCUT2D eigenvalue weighted by Gasteiger charge is 2.34. The zero-order valence-electron chi connectivity index (χ0n) is 15.7. The van der Waals surface area contributed by atoms with Crippen LogP contribution < -0.4 is 14.8 Å². The molecule has 0 radical (unpaired) electrons. The summed E-state index contributed by atoms with van der Waals surface area (Å²) >= 11 is 5.81. The summed E-state index contributed by atoms with van der Waals surface area (Å²) in [7, 11) is 2.92. The number of anilines is 1. The van der Waals surface area contributed by atoms with Crippen molar-refractivity contribution in [3.8, 4) is 17.2 Å². The fourth-order valence-corrected chi connectivity index (χ4v) is 2.81. The van der Waals surface area contributed by atoms with E-state index in [0.717, 1.165) is 11.6 Å². The van der Waals surface area contributed by atoms with Gasteiger partial charge in [-0.25, -0.2) is 9.67 Å². The minimum atomic E-state index is -4.52. The maximum atomic E-state index is 12.9. The summed E-state index contributed by atoms with van der Waals surface area (Å²) in [6.07, 6.45) is -3.08. The number of rotatable bonds is 6. The first kappa shape index (κ1) is 20.7. The van der Waals surface area contributed by atoms with E-state index in [-0.39, 0.29) is 5.28 Å². The van der Waals surface area contributed by atoms with Crippen molar-refractivity contribution in [2.75, 3.05) is 19.5 Å². The van der Waals surface area contributed by atoms with Crippen LogP contribution >= 0.6 is 11.6 Å². The molecule has 1 N–H and O–H groups in total. The van der Waals surface area contributed by atoms with Crippen LogP contribution in [-0.2, 0) is 12.7 Å². The molecule has 0 saturated heterocycles. The van der Waals surface area contributed by atoms with Crippen molar-refractivity contribution in [1.29, 1.82) is 0 Å². The number of alkyl halides is 3. The molecular formula is C18H17ClF3N5O2. The van der Waals surface area contributed by atoms with Crippen molar-refractivity contribution >= 4 is 17.4 Å². The second-order valence-electron chi connectivity index (χ2n) is 6.00. The molecule has 0 unspecified atom stereocenters. The SMILES string of the molecule is COc1cc(CNc2nc(Cl)ncc2OC)ccc1-n1nc(C(F)(F)F)cc1C. The monoisotopic (exact) mass is 427 g/mol. The quantitative estimate of drug-likeness (QED) is 0.592. The van der Waals surface area contributed by atoms with Crippen molar-refractivity contribution in [1.82, 2.24) is 19.7 Å². The smallest absolute Gasteiger partial charge is 0.435 e. The fourth-order valence-electron chi connectivity index (χ4n) is 2.67. The van der Waals surface area contributed by atoms with Gasteiger partial charge in [0.25, 0.3) is 0 Å². The Morgan fingerprint density at radius 2 is 1.86 bits per heavy atom. The number of nitrogens with one attached hydrogen (secondary N) is 1. The van der Waals surface area contributed by atoms with Crippen LogP contribution in [-0.4, -0.2) is 34.0 Å². The summed E-state index contributed by atoms with van der Waals surface area (Å²) in [4.78, 5) is 7.92. The molecule has 0 bridgehead atoms. The molecule has 2 heterocycles. The maximum absolute atomic E-state index is 12.9. The number of halogens is 4. The third kappa shape index (κ3) is 4.53. The Kier molecular flexibility index (Phi) is 5.83. The van der Waals surface area contributed by atoms with Gasteiger partial charge in [-0.3, -0.25) is 0 Å².